The zero-order chi connectivity index (χ0) is 21.3. The van der Waals surface area contributed by atoms with E-state index in [1.807, 2.05) is 18.2 Å². The van der Waals surface area contributed by atoms with Gasteiger partial charge in [-0.05, 0) is 53.5 Å². The van der Waals surface area contributed by atoms with Crippen LogP contribution in [0, 0.1) is 22.0 Å². The van der Waals surface area contributed by atoms with Crippen LogP contribution in [-0.4, -0.2) is 22.5 Å². The standard InChI is InChI=1S/C25H22N2O4/c28-25(29)16-11-21-18-7-2-5-15(18)13-26-23(14-4-1-6-17(10-14)27(30)31)20-9-3-8-19(20)22(12-16)24(21)26/h1-4,6-8,10-12,15,18-20,23H,5,9,13H2,(H,28,29)/t15-,18+,19+,20-,23+/m1/s1. The zero-order valence-electron chi connectivity index (χ0n) is 16.8. The van der Waals surface area contributed by atoms with Crippen LogP contribution < -0.4 is 4.90 Å². The van der Waals surface area contributed by atoms with Crippen LogP contribution in [0.2, 0.25) is 0 Å². The van der Waals surface area contributed by atoms with Crippen LogP contribution in [0.4, 0.5) is 11.4 Å². The third-order valence-electron chi connectivity index (χ3n) is 7.52. The van der Waals surface area contributed by atoms with Crippen molar-refractivity contribution in [2.75, 3.05) is 11.4 Å². The van der Waals surface area contributed by atoms with E-state index in [2.05, 4.69) is 29.2 Å². The van der Waals surface area contributed by atoms with E-state index in [4.69, 9.17) is 0 Å². The Morgan fingerprint density at radius 1 is 1.06 bits per heavy atom. The molecule has 6 heteroatoms. The molecule has 156 valence electrons. The third kappa shape index (κ3) is 2.60. The molecule has 2 aromatic carbocycles. The summed E-state index contributed by atoms with van der Waals surface area (Å²) in [6, 6.07) is 10.8. The van der Waals surface area contributed by atoms with Crippen molar-refractivity contribution < 1.29 is 14.8 Å². The number of nitrogens with zero attached hydrogens (tertiary/aromatic N) is 2. The van der Waals surface area contributed by atoms with E-state index in [1.165, 1.54) is 0 Å². The molecule has 0 saturated carbocycles. The second kappa shape index (κ2) is 6.54. The molecule has 6 nitrogen and oxygen atoms in total. The summed E-state index contributed by atoms with van der Waals surface area (Å²) in [5, 5.41) is 21.2. The molecule has 6 rings (SSSR count). The molecule has 5 atom stereocenters. The first-order chi connectivity index (χ1) is 15.0. The van der Waals surface area contributed by atoms with Crippen LogP contribution in [0.3, 0.4) is 0 Å². The third-order valence-corrected chi connectivity index (χ3v) is 7.52. The summed E-state index contributed by atoms with van der Waals surface area (Å²) < 4.78 is 0. The maximum Gasteiger partial charge on any atom is 0.335 e. The molecule has 2 aliphatic carbocycles. The number of rotatable bonds is 3. The summed E-state index contributed by atoms with van der Waals surface area (Å²) in [6.07, 6.45) is 10.7. The number of hydrogen-bond acceptors (Lipinski definition) is 4. The largest absolute Gasteiger partial charge is 0.478 e. The second-order valence-corrected chi connectivity index (χ2v) is 9.06. The molecule has 0 spiro atoms. The zero-order valence-corrected chi connectivity index (χ0v) is 16.8. The number of carboxylic acid groups (broad SMARTS) is 1. The summed E-state index contributed by atoms with van der Waals surface area (Å²) >= 11 is 0. The van der Waals surface area contributed by atoms with E-state index in [9.17, 15) is 20.0 Å². The van der Waals surface area contributed by atoms with E-state index in [-0.39, 0.29) is 34.4 Å². The van der Waals surface area contributed by atoms with Crippen LogP contribution in [0.1, 0.15) is 57.8 Å². The van der Waals surface area contributed by atoms with Gasteiger partial charge in [0.15, 0.2) is 0 Å². The maximum absolute atomic E-state index is 11.9. The highest BCUT2D eigenvalue weighted by molar-refractivity contribution is 5.90. The van der Waals surface area contributed by atoms with Gasteiger partial charge in [-0.25, -0.2) is 4.79 Å². The smallest absolute Gasteiger partial charge is 0.335 e. The molecule has 2 aliphatic heterocycles. The Morgan fingerprint density at radius 3 is 2.58 bits per heavy atom. The molecule has 2 heterocycles. The normalized spacial score (nSPS) is 29.4. The molecular weight excluding hydrogens is 392 g/mol. The van der Waals surface area contributed by atoms with Crippen LogP contribution in [0.5, 0.6) is 0 Å². The van der Waals surface area contributed by atoms with Crippen molar-refractivity contribution >= 4 is 17.3 Å². The predicted octanol–water partition coefficient (Wildman–Crippen LogP) is 5.19. The van der Waals surface area contributed by atoms with Crippen molar-refractivity contribution in [3.05, 3.63) is 93.1 Å². The minimum absolute atomic E-state index is 0.0309. The molecule has 2 aromatic rings. The topological polar surface area (TPSA) is 83.7 Å². The highest BCUT2D eigenvalue weighted by Gasteiger charge is 2.48. The van der Waals surface area contributed by atoms with Gasteiger partial charge in [-0.1, -0.05) is 36.4 Å². The van der Waals surface area contributed by atoms with Crippen molar-refractivity contribution in [2.45, 2.75) is 30.7 Å². The number of nitro benzene ring substituents is 1. The maximum atomic E-state index is 11.9. The van der Waals surface area contributed by atoms with Crippen molar-refractivity contribution in [2.24, 2.45) is 11.8 Å². The molecule has 0 fully saturated rings. The lowest BCUT2D eigenvalue weighted by atomic mass is 9.70. The Bertz CT molecular complexity index is 1170. The number of aromatic carboxylic acids is 1. The highest BCUT2D eigenvalue weighted by atomic mass is 16.6. The van der Waals surface area contributed by atoms with Crippen LogP contribution in [0.15, 0.2) is 60.7 Å². The number of allylic oxidation sites excluding steroid dienone is 4. The van der Waals surface area contributed by atoms with Crippen LogP contribution in [0.25, 0.3) is 0 Å². The van der Waals surface area contributed by atoms with Crippen LogP contribution >= 0.6 is 0 Å². The number of nitro groups is 1. The molecule has 0 unspecified atom stereocenters. The molecule has 0 radical (unpaired) electrons. The van der Waals surface area contributed by atoms with Gasteiger partial charge in [0.1, 0.15) is 0 Å². The number of carbonyl (C=O) groups is 1. The summed E-state index contributed by atoms with van der Waals surface area (Å²) in [7, 11) is 0. The van der Waals surface area contributed by atoms with E-state index in [1.54, 1.807) is 18.2 Å². The number of anilines is 1. The van der Waals surface area contributed by atoms with Gasteiger partial charge >= 0.3 is 5.97 Å². The van der Waals surface area contributed by atoms with Gasteiger partial charge in [-0.15, -0.1) is 0 Å². The number of benzene rings is 2. The first-order valence-electron chi connectivity index (χ1n) is 10.8. The van der Waals surface area contributed by atoms with Gasteiger partial charge < -0.3 is 10.0 Å². The Morgan fingerprint density at radius 2 is 1.81 bits per heavy atom. The lowest BCUT2D eigenvalue weighted by Gasteiger charge is -2.51. The summed E-state index contributed by atoms with van der Waals surface area (Å²) in [5.74, 6) is 0.0929. The van der Waals surface area contributed by atoms with Gasteiger partial charge in [0, 0.05) is 36.2 Å². The van der Waals surface area contributed by atoms with Crippen LogP contribution in [-0.2, 0) is 0 Å². The molecule has 1 N–H and O–H groups in total. The quantitative estimate of drug-likeness (QED) is 0.425. The van der Waals surface area contributed by atoms with E-state index in [0.717, 1.165) is 41.8 Å². The lowest BCUT2D eigenvalue weighted by molar-refractivity contribution is -0.384. The molecular formula is C25H22N2O4. The molecule has 4 aliphatic rings. The molecule has 0 saturated heterocycles. The van der Waals surface area contributed by atoms with Gasteiger partial charge in [0.25, 0.3) is 5.69 Å². The average molecular weight is 414 g/mol. The highest BCUT2D eigenvalue weighted by Crippen LogP contribution is 2.59. The fourth-order valence-corrected chi connectivity index (χ4v) is 6.30. The summed E-state index contributed by atoms with van der Waals surface area (Å²) in [5.41, 5.74) is 4.76. The Kier molecular flexibility index (Phi) is 3.88. The number of carboxylic acids is 1. The lowest BCUT2D eigenvalue weighted by Crippen LogP contribution is -2.46. The fourth-order valence-electron chi connectivity index (χ4n) is 6.30. The first-order valence-corrected chi connectivity index (χ1v) is 10.8. The first kappa shape index (κ1) is 18.4. The van der Waals surface area contributed by atoms with Gasteiger partial charge in [0.05, 0.1) is 16.5 Å². The summed E-state index contributed by atoms with van der Waals surface area (Å²) in [6.45, 7) is 0.876. The van der Waals surface area contributed by atoms with E-state index >= 15 is 0 Å². The monoisotopic (exact) mass is 414 g/mol. The van der Waals surface area contributed by atoms with Crippen molar-refractivity contribution in [3.63, 3.8) is 0 Å². The molecule has 0 aromatic heterocycles. The SMILES string of the molecule is O=C(O)c1cc2c3c(c1)[C@H]1C=CC[C@H]1[C@H](c1cccc([N+](=O)[O-])c1)N3C[C@H]1CC=C[C@H]21. The van der Waals surface area contributed by atoms with Crippen molar-refractivity contribution in [3.8, 4) is 0 Å². The predicted molar refractivity (Wildman–Crippen MR) is 117 cm³/mol. The fraction of sp³-hybridized carbons (Fsp3) is 0.320. The van der Waals surface area contributed by atoms with Gasteiger partial charge in [0.2, 0.25) is 0 Å². The van der Waals surface area contributed by atoms with Crippen molar-refractivity contribution in [1.82, 2.24) is 0 Å². The molecule has 31 heavy (non-hydrogen) atoms. The Balaban J connectivity index is 1.58. The molecule has 0 bridgehead atoms. The van der Waals surface area contributed by atoms with Crippen molar-refractivity contribution in [1.29, 1.82) is 0 Å². The number of fused-ring (bicyclic) bond motifs is 4. The number of non-ortho nitro benzene ring substituents is 1. The van der Waals surface area contributed by atoms with Gasteiger partial charge in [-0.3, -0.25) is 10.1 Å². The average Bonchev–Trinajstić information content (AvgIpc) is 3.43. The van der Waals surface area contributed by atoms with E-state index in [0.29, 0.717) is 11.5 Å². The second-order valence-electron chi connectivity index (χ2n) is 9.06. The van der Waals surface area contributed by atoms with Gasteiger partial charge in [-0.2, -0.15) is 0 Å². The Labute approximate surface area is 179 Å². The Hall–Kier alpha value is -3.41. The minimum Gasteiger partial charge on any atom is -0.478 e. The minimum atomic E-state index is -0.894. The summed E-state index contributed by atoms with van der Waals surface area (Å²) in [4.78, 5) is 25.5. The molecule has 0 amide bonds. The number of hydrogen-bond donors (Lipinski definition) is 1. The van der Waals surface area contributed by atoms with E-state index < -0.39 is 5.97 Å².